The van der Waals surface area contributed by atoms with Crippen molar-refractivity contribution in [1.82, 2.24) is 19.6 Å². The SMILES string of the molecule is CS(=O)(=O)c1ccc(-c2nccn3nc(N)nc23)cc1. The first-order valence-electron chi connectivity index (χ1n) is 5.72. The molecule has 0 atom stereocenters. The van der Waals surface area contributed by atoms with E-state index in [1.807, 2.05) is 0 Å². The summed E-state index contributed by atoms with van der Waals surface area (Å²) in [6.07, 6.45) is 4.40. The summed E-state index contributed by atoms with van der Waals surface area (Å²) in [5.41, 5.74) is 7.43. The van der Waals surface area contributed by atoms with Crippen LogP contribution >= 0.6 is 0 Å². The predicted molar refractivity (Wildman–Crippen MR) is 73.7 cm³/mol. The molecular formula is C12H11N5O2S. The topological polar surface area (TPSA) is 103 Å². The number of aromatic nitrogens is 4. The molecule has 0 fully saturated rings. The van der Waals surface area contributed by atoms with Crippen LogP contribution in [0.4, 0.5) is 5.95 Å². The molecule has 0 aliphatic carbocycles. The van der Waals surface area contributed by atoms with Crippen LogP contribution in [-0.4, -0.2) is 34.3 Å². The van der Waals surface area contributed by atoms with E-state index in [4.69, 9.17) is 5.73 Å². The van der Waals surface area contributed by atoms with Crippen LogP contribution in [0.1, 0.15) is 0 Å². The maximum absolute atomic E-state index is 11.4. The first-order valence-corrected chi connectivity index (χ1v) is 7.61. The Bertz CT molecular complexity index is 884. The molecule has 0 unspecified atom stereocenters. The fraction of sp³-hybridized carbons (Fsp3) is 0.0833. The number of rotatable bonds is 2. The lowest BCUT2D eigenvalue weighted by Crippen LogP contribution is -1.97. The van der Waals surface area contributed by atoms with Crippen LogP contribution in [0.5, 0.6) is 0 Å². The molecule has 2 aromatic heterocycles. The molecule has 1 aromatic carbocycles. The molecule has 2 N–H and O–H groups in total. The Morgan fingerprint density at radius 2 is 1.90 bits per heavy atom. The zero-order chi connectivity index (χ0) is 14.3. The molecule has 7 nitrogen and oxygen atoms in total. The Balaban J connectivity index is 2.16. The van der Waals surface area contributed by atoms with E-state index in [1.165, 1.54) is 22.9 Å². The molecule has 0 saturated heterocycles. The Morgan fingerprint density at radius 3 is 2.55 bits per heavy atom. The lowest BCUT2D eigenvalue weighted by Gasteiger charge is -2.03. The summed E-state index contributed by atoms with van der Waals surface area (Å²) in [7, 11) is -3.21. The minimum Gasteiger partial charge on any atom is -0.366 e. The molecule has 3 rings (SSSR count). The number of nitrogen functional groups attached to an aromatic ring is 1. The molecule has 0 aliphatic heterocycles. The maximum Gasteiger partial charge on any atom is 0.240 e. The normalized spacial score (nSPS) is 11.8. The molecule has 0 spiro atoms. The van der Waals surface area contributed by atoms with Gasteiger partial charge in [0, 0.05) is 24.2 Å². The molecule has 0 amide bonds. The summed E-state index contributed by atoms with van der Waals surface area (Å²) in [6, 6.07) is 6.44. The molecule has 8 heteroatoms. The highest BCUT2D eigenvalue weighted by Gasteiger charge is 2.11. The van der Waals surface area contributed by atoms with Crippen molar-refractivity contribution in [1.29, 1.82) is 0 Å². The van der Waals surface area contributed by atoms with Crippen molar-refractivity contribution in [2.45, 2.75) is 4.90 Å². The summed E-state index contributed by atoms with van der Waals surface area (Å²) in [5, 5.41) is 4.00. The molecule has 102 valence electrons. The average molecular weight is 289 g/mol. The highest BCUT2D eigenvalue weighted by Crippen LogP contribution is 2.22. The first-order chi connectivity index (χ1) is 9.45. The van der Waals surface area contributed by atoms with E-state index in [0.717, 1.165) is 5.56 Å². The Kier molecular flexibility index (Phi) is 2.68. The van der Waals surface area contributed by atoms with Crippen molar-refractivity contribution in [2.24, 2.45) is 0 Å². The van der Waals surface area contributed by atoms with Crippen LogP contribution in [0.3, 0.4) is 0 Å². The zero-order valence-corrected chi connectivity index (χ0v) is 11.4. The zero-order valence-electron chi connectivity index (χ0n) is 10.6. The number of nitrogens with two attached hydrogens (primary N) is 1. The molecular weight excluding hydrogens is 278 g/mol. The van der Waals surface area contributed by atoms with Crippen LogP contribution in [-0.2, 0) is 9.84 Å². The number of hydrogen-bond donors (Lipinski definition) is 1. The third kappa shape index (κ3) is 2.10. The van der Waals surface area contributed by atoms with Crippen LogP contribution in [0, 0.1) is 0 Å². The van der Waals surface area contributed by atoms with Gasteiger partial charge >= 0.3 is 0 Å². The second kappa shape index (κ2) is 4.27. The van der Waals surface area contributed by atoms with Gasteiger partial charge in [0.25, 0.3) is 0 Å². The first kappa shape index (κ1) is 12.5. The van der Waals surface area contributed by atoms with Crippen molar-refractivity contribution in [3.05, 3.63) is 36.7 Å². The summed E-state index contributed by atoms with van der Waals surface area (Å²) in [4.78, 5) is 8.62. The standard InChI is InChI=1S/C12H11N5O2S/c1-20(18,19)9-4-2-8(3-5-9)10-11-15-12(13)16-17(11)7-6-14-10/h2-7H,1H3,(H2,13,16). The van der Waals surface area contributed by atoms with Gasteiger partial charge in [-0.25, -0.2) is 12.9 Å². The number of hydrogen-bond acceptors (Lipinski definition) is 6. The average Bonchev–Trinajstić information content (AvgIpc) is 2.78. The summed E-state index contributed by atoms with van der Waals surface area (Å²) < 4.78 is 24.4. The van der Waals surface area contributed by atoms with E-state index in [1.54, 1.807) is 24.5 Å². The lowest BCUT2D eigenvalue weighted by molar-refractivity contribution is 0.602. The van der Waals surface area contributed by atoms with Gasteiger partial charge in [-0.05, 0) is 12.1 Å². The number of fused-ring (bicyclic) bond motifs is 1. The molecule has 0 aliphatic rings. The van der Waals surface area contributed by atoms with Gasteiger partial charge in [0.15, 0.2) is 15.5 Å². The van der Waals surface area contributed by atoms with Gasteiger partial charge in [0.1, 0.15) is 5.69 Å². The van der Waals surface area contributed by atoms with Gasteiger partial charge in [-0.3, -0.25) is 4.98 Å². The van der Waals surface area contributed by atoms with Crippen LogP contribution in [0.15, 0.2) is 41.6 Å². The molecule has 3 aromatic rings. The van der Waals surface area contributed by atoms with Crippen molar-refractivity contribution < 1.29 is 8.42 Å². The van der Waals surface area contributed by atoms with Crippen LogP contribution < -0.4 is 5.73 Å². The second-order valence-electron chi connectivity index (χ2n) is 4.31. The fourth-order valence-corrected chi connectivity index (χ4v) is 2.53. The van der Waals surface area contributed by atoms with Gasteiger partial charge in [-0.1, -0.05) is 12.1 Å². The summed E-state index contributed by atoms with van der Waals surface area (Å²) >= 11 is 0. The molecule has 20 heavy (non-hydrogen) atoms. The molecule has 0 radical (unpaired) electrons. The quantitative estimate of drug-likeness (QED) is 0.747. The summed E-state index contributed by atoms with van der Waals surface area (Å²) in [5.74, 6) is 0.159. The van der Waals surface area contributed by atoms with Crippen molar-refractivity contribution in [2.75, 3.05) is 12.0 Å². The number of sulfone groups is 1. The lowest BCUT2D eigenvalue weighted by atomic mass is 10.1. The van der Waals surface area contributed by atoms with Gasteiger partial charge in [0.2, 0.25) is 5.95 Å². The van der Waals surface area contributed by atoms with Crippen molar-refractivity contribution >= 4 is 21.4 Å². The molecule has 0 saturated carbocycles. The highest BCUT2D eigenvalue weighted by molar-refractivity contribution is 7.90. The van der Waals surface area contributed by atoms with Crippen LogP contribution in [0.25, 0.3) is 16.9 Å². The summed E-state index contributed by atoms with van der Waals surface area (Å²) in [6.45, 7) is 0. The second-order valence-corrected chi connectivity index (χ2v) is 6.33. The predicted octanol–water partition coefficient (Wildman–Crippen LogP) is 0.777. The number of anilines is 1. The Morgan fingerprint density at radius 1 is 1.20 bits per heavy atom. The van der Waals surface area contributed by atoms with Gasteiger partial charge in [-0.2, -0.15) is 4.98 Å². The highest BCUT2D eigenvalue weighted by atomic mass is 32.2. The molecule has 2 heterocycles. The van der Waals surface area contributed by atoms with E-state index in [0.29, 0.717) is 11.3 Å². The van der Waals surface area contributed by atoms with E-state index >= 15 is 0 Å². The van der Waals surface area contributed by atoms with E-state index < -0.39 is 9.84 Å². The van der Waals surface area contributed by atoms with Crippen molar-refractivity contribution in [3.63, 3.8) is 0 Å². The number of nitrogens with zero attached hydrogens (tertiary/aromatic N) is 4. The van der Waals surface area contributed by atoms with Gasteiger partial charge in [-0.15, -0.1) is 5.10 Å². The minimum absolute atomic E-state index is 0.159. The minimum atomic E-state index is -3.21. The largest absolute Gasteiger partial charge is 0.366 e. The van der Waals surface area contributed by atoms with E-state index in [-0.39, 0.29) is 10.8 Å². The van der Waals surface area contributed by atoms with Crippen molar-refractivity contribution in [3.8, 4) is 11.3 Å². The van der Waals surface area contributed by atoms with Crippen LogP contribution in [0.2, 0.25) is 0 Å². The number of benzene rings is 1. The maximum atomic E-state index is 11.4. The van der Waals surface area contributed by atoms with E-state index in [9.17, 15) is 8.42 Å². The Hall–Kier alpha value is -2.48. The fourth-order valence-electron chi connectivity index (χ4n) is 1.90. The third-order valence-corrected chi connectivity index (χ3v) is 3.96. The molecule has 0 bridgehead atoms. The van der Waals surface area contributed by atoms with Gasteiger partial charge in [0.05, 0.1) is 4.90 Å². The smallest absolute Gasteiger partial charge is 0.240 e. The van der Waals surface area contributed by atoms with E-state index in [2.05, 4.69) is 15.1 Å². The monoisotopic (exact) mass is 289 g/mol. The van der Waals surface area contributed by atoms with Gasteiger partial charge < -0.3 is 5.73 Å². The Labute approximate surface area is 115 Å². The third-order valence-electron chi connectivity index (χ3n) is 2.83.